The molecule has 0 aromatic carbocycles. The van der Waals surface area contributed by atoms with E-state index in [0.29, 0.717) is 32.5 Å². The van der Waals surface area contributed by atoms with Crippen LogP contribution in [0.2, 0.25) is 0 Å². The Kier molecular flexibility index (Phi) is 4.44. The molecule has 4 heterocycles. The minimum absolute atomic E-state index is 0.144. The van der Waals surface area contributed by atoms with E-state index >= 15 is 0 Å². The van der Waals surface area contributed by atoms with Crippen molar-refractivity contribution in [2.45, 2.75) is 32.2 Å². The van der Waals surface area contributed by atoms with Gasteiger partial charge in [-0.3, -0.25) is 14.6 Å². The number of nitrogens with zero attached hydrogens (tertiary/aromatic N) is 4. The highest BCUT2D eigenvalue weighted by Crippen LogP contribution is 2.41. The molecule has 2 amide bonds. The van der Waals surface area contributed by atoms with Crippen LogP contribution in [-0.4, -0.2) is 51.4 Å². The van der Waals surface area contributed by atoms with Crippen LogP contribution in [0.4, 0.5) is 0 Å². The van der Waals surface area contributed by atoms with E-state index in [1.165, 1.54) is 6.20 Å². The predicted molar refractivity (Wildman–Crippen MR) is 93.0 cm³/mol. The van der Waals surface area contributed by atoms with Crippen LogP contribution in [0.3, 0.4) is 0 Å². The third-order valence-electron chi connectivity index (χ3n) is 5.60. The van der Waals surface area contributed by atoms with Gasteiger partial charge in [-0.2, -0.15) is 0 Å². The molecule has 0 bridgehead atoms. The van der Waals surface area contributed by atoms with Gasteiger partial charge in [0.05, 0.1) is 11.6 Å². The summed E-state index contributed by atoms with van der Waals surface area (Å²) in [7, 11) is 0. The van der Waals surface area contributed by atoms with Crippen molar-refractivity contribution in [3.8, 4) is 0 Å². The normalized spacial score (nSPS) is 19.8. The SMILES string of the molecule is O=C(c1ccno1)N1CCC2(CCCN(Cc3ccncc3)C2=O)CC1. The van der Waals surface area contributed by atoms with Crippen LogP contribution >= 0.6 is 0 Å². The van der Waals surface area contributed by atoms with E-state index < -0.39 is 0 Å². The number of pyridine rings is 1. The van der Waals surface area contributed by atoms with E-state index in [1.54, 1.807) is 23.4 Å². The summed E-state index contributed by atoms with van der Waals surface area (Å²) in [4.78, 5) is 33.4. The van der Waals surface area contributed by atoms with Crippen molar-refractivity contribution in [3.05, 3.63) is 48.1 Å². The first-order valence-corrected chi connectivity index (χ1v) is 9.06. The van der Waals surface area contributed by atoms with Crippen molar-refractivity contribution in [1.82, 2.24) is 19.9 Å². The van der Waals surface area contributed by atoms with Crippen LogP contribution < -0.4 is 0 Å². The molecule has 0 saturated carbocycles. The number of hydrogen-bond donors (Lipinski definition) is 0. The van der Waals surface area contributed by atoms with Gasteiger partial charge in [-0.1, -0.05) is 5.16 Å². The van der Waals surface area contributed by atoms with E-state index in [2.05, 4.69) is 10.1 Å². The second kappa shape index (κ2) is 6.90. The third-order valence-corrected chi connectivity index (χ3v) is 5.60. The zero-order valence-electron chi connectivity index (χ0n) is 14.6. The first kappa shape index (κ1) is 16.8. The Morgan fingerprint density at radius 2 is 1.85 bits per heavy atom. The molecule has 0 N–H and O–H groups in total. The summed E-state index contributed by atoms with van der Waals surface area (Å²) in [5.74, 6) is 0.344. The van der Waals surface area contributed by atoms with Gasteiger partial charge in [0.15, 0.2) is 0 Å². The first-order valence-electron chi connectivity index (χ1n) is 9.06. The number of hydrogen-bond acceptors (Lipinski definition) is 5. The molecule has 2 aliphatic rings. The lowest BCUT2D eigenvalue weighted by atomic mass is 9.71. The third kappa shape index (κ3) is 3.09. The molecule has 26 heavy (non-hydrogen) atoms. The van der Waals surface area contributed by atoms with Crippen LogP contribution in [0, 0.1) is 5.41 Å². The predicted octanol–water partition coefficient (Wildman–Crippen LogP) is 2.11. The summed E-state index contributed by atoms with van der Waals surface area (Å²) in [6.45, 7) is 2.58. The molecule has 1 spiro atoms. The van der Waals surface area contributed by atoms with Crippen molar-refractivity contribution in [2.24, 2.45) is 5.41 Å². The van der Waals surface area contributed by atoms with Gasteiger partial charge >= 0.3 is 0 Å². The largest absolute Gasteiger partial charge is 0.351 e. The number of carbonyl (C=O) groups is 2. The number of likely N-dealkylation sites (tertiary alicyclic amines) is 2. The fourth-order valence-electron chi connectivity index (χ4n) is 4.10. The molecule has 136 valence electrons. The van der Waals surface area contributed by atoms with Crippen molar-refractivity contribution in [2.75, 3.05) is 19.6 Å². The van der Waals surface area contributed by atoms with Crippen LogP contribution in [0.1, 0.15) is 41.8 Å². The number of amides is 2. The van der Waals surface area contributed by atoms with E-state index in [-0.39, 0.29) is 23.0 Å². The fraction of sp³-hybridized carbons (Fsp3) is 0.474. The summed E-state index contributed by atoms with van der Waals surface area (Å²) < 4.78 is 4.97. The topological polar surface area (TPSA) is 79.5 Å². The smallest absolute Gasteiger partial charge is 0.292 e. The molecule has 2 aliphatic heterocycles. The average molecular weight is 354 g/mol. The monoisotopic (exact) mass is 354 g/mol. The molecule has 7 heteroatoms. The van der Waals surface area contributed by atoms with Gasteiger partial charge in [-0.25, -0.2) is 0 Å². The Hall–Kier alpha value is -2.70. The molecular formula is C19H22N4O3. The molecule has 0 radical (unpaired) electrons. The second-order valence-electron chi connectivity index (χ2n) is 7.13. The summed E-state index contributed by atoms with van der Waals surface area (Å²) in [6.07, 6.45) is 8.31. The Labute approximate surface area is 152 Å². The zero-order valence-corrected chi connectivity index (χ0v) is 14.6. The Morgan fingerprint density at radius 1 is 1.08 bits per heavy atom. The van der Waals surface area contributed by atoms with Crippen LogP contribution in [-0.2, 0) is 11.3 Å². The van der Waals surface area contributed by atoms with Crippen LogP contribution in [0.15, 0.2) is 41.3 Å². The average Bonchev–Trinajstić information content (AvgIpc) is 3.21. The first-order chi connectivity index (χ1) is 12.7. The van der Waals surface area contributed by atoms with Gasteiger partial charge in [0, 0.05) is 44.6 Å². The second-order valence-corrected chi connectivity index (χ2v) is 7.13. The highest BCUT2D eigenvalue weighted by molar-refractivity contribution is 5.91. The minimum atomic E-state index is -0.330. The van der Waals surface area contributed by atoms with Crippen LogP contribution in [0.5, 0.6) is 0 Å². The van der Waals surface area contributed by atoms with Crippen molar-refractivity contribution >= 4 is 11.8 Å². The van der Waals surface area contributed by atoms with Crippen molar-refractivity contribution < 1.29 is 14.1 Å². The molecule has 0 aliphatic carbocycles. The lowest BCUT2D eigenvalue weighted by molar-refractivity contribution is -0.150. The van der Waals surface area contributed by atoms with E-state index in [9.17, 15) is 9.59 Å². The molecule has 2 saturated heterocycles. The number of rotatable bonds is 3. The molecule has 2 aromatic rings. The zero-order chi connectivity index (χ0) is 18.0. The van der Waals surface area contributed by atoms with Crippen molar-refractivity contribution in [1.29, 1.82) is 0 Å². The summed E-state index contributed by atoms with van der Waals surface area (Å²) in [5.41, 5.74) is 0.770. The van der Waals surface area contributed by atoms with Gasteiger partial charge in [0.2, 0.25) is 11.7 Å². The van der Waals surface area contributed by atoms with Crippen LogP contribution in [0.25, 0.3) is 0 Å². The fourth-order valence-corrected chi connectivity index (χ4v) is 4.10. The van der Waals surface area contributed by atoms with E-state index in [0.717, 1.165) is 24.9 Å². The highest BCUT2D eigenvalue weighted by Gasteiger charge is 2.46. The molecule has 0 atom stereocenters. The molecule has 7 nitrogen and oxygen atoms in total. The maximum atomic E-state index is 13.2. The molecular weight excluding hydrogens is 332 g/mol. The number of aromatic nitrogens is 2. The standard InChI is InChI=1S/C19H22N4O3/c24-17(16-4-10-21-26-16)22-12-6-19(7-13-22)5-1-11-23(18(19)25)14-15-2-8-20-9-3-15/h2-4,8-10H,1,5-7,11-14H2. The molecule has 2 fully saturated rings. The van der Waals surface area contributed by atoms with E-state index in [4.69, 9.17) is 4.52 Å². The molecule has 0 unspecified atom stereocenters. The Bertz CT molecular complexity index is 767. The summed E-state index contributed by atoms with van der Waals surface area (Å²) in [5, 5.41) is 3.60. The Balaban J connectivity index is 1.42. The van der Waals surface area contributed by atoms with Crippen molar-refractivity contribution in [3.63, 3.8) is 0 Å². The van der Waals surface area contributed by atoms with E-state index in [1.807, 2.05) is 17.0 Å². The lowest BCUT2D eigenvalue weighted by Crippen LogP contribution is -2.54. The quantitative estimate of drug-likeness (QED) is 0.843. The Morgan fingerprint density at radius 3 is 2.54 bits per heavy atom. The summed E-state index contributed by atoms with van der Waals surface area (Å²) >= 11 is 0. The molecule has 2 aromatic heterocycles. The summed E-state index contributed by atoms with van der Waals surface area (Å²) in [6, 6.07) is 5.48. The lowest BCUT2D eigenvalue weighted by Gasteiger charge is -2.46. The van der Waals surface area contributed by atoms with Gasteiger partial charge in [0.25, 0.3) is 5.91 Å². The molecule has 4 rings (SSSR count). The highest BCUT2D eigenvalue weighted by atomic mass is 16.5. The number of piperidine rings is 2. The van der Waals surface area contributed by atoms with Gasteiger partial charge < -0.3 is 14.3 Å². The minimum Gasteiger partial charge on any atom is -0.351 e. The van der Waals surface area contributed by atoms with Gasteiger partial charge in [-0.05, 0) is 43.4 Å². The van der Waals surface area contributed by atoms with Gasteiger partial charge in [0.1, 0.15) is 0 Å². The maximum Gasteiger partial charge on any atom is 0.292 e. The van der Waals surface area contributed by atoms with Gasteiger partial charge in [-0.15, -0.1) is 0 Å². The number of carbonyl (C=O) groups excluding carboxylic acids is 2. The maximum absolute atomic E-state index is 13.2.